The van der Waals surface area contributed by atoms with Gasteiger partial charge in [-0.05, 0) is 36.8 Å². The highest BCUT2D eigenvalue weighted by Crippen LogP contribution is 2.39. The monoisotopic (exact) mass is 277 g/mol. The highest BCUT2D eigenvalue weighted by molar-refractivity contribution is 7.91. The first-order chi connectivity index (χ1) is 9.00. The number of benzene rings is 1. The Bertz CT molecular complexity index is 574. The molecule has 0 atom stereocenters. The fraction of sp³-hybridized carbons (Fsp3) is 0.533. The molecule has 0 aliphatic heterocycles. The second-order valence-electron chi connectivity index (χ2n) is 5.42. The molecule has 0 heterocycles. The van der Waals surface area contributed by atoms with Gasteiger partial charge in [-0.2, -0.15) is 5.26 Å². The van der Waals surface area contributed by atoms with Gasteiger partial charge in [0.15, 0.2) is 0 Å². The Morgan fingerprint density at radius 3 is 2.26 bits per heavy atom. The predicted octanol–water partition coefficient (Wildman–Crippen LogP) is 2.51. The van der Waals surface area contributed by atoms with Gasteiger partial charge in [0.25, 0.3) is 0 Å². The minimum Gasteiger partial charge on any atom is -0.229 e. The van der Waals surface area contributed by atoms with Crippen molar-refractivity contribution in [3.8, 4) is 6.07 Å². The van der Waals surface area contributed by atoms with Crippen LogP contribution in [0, 0.1) is 16.7 Å². The molecule has 0 spiro atoms. The van der Waals surface area contributed by atoms with Crippen LogP contribution in [0.5, 0.6) is 0 Å². The van der Waals surface area contributed by atoms with Gasteiger partial charge in [0.05, 0.1) is 17.2 Å². The van der Waals surface area contributed by atoms with Crippen LogP contribution < -0.4 is 0 Å². The lowest BCUT2D eigenvalue weighted by Gasteiger charge is -2.19. The van der Waals surface area contributed by atoms with Gasteiger partial charge in [-0.3, -0.25) is 0 Å². The van der Waals surface area contributed by atoms with Crippen LogP contribution in [0.15, 0.2) is 24.3 Å². The number of rotatable bonds is 5. The Hall–Kier alpha value is -1.34. The van der Waals surface area contributed by atoms with E-state index < -0.39 is 15.3 Å². The number of fused-ring (bicyclic) bond motifs is 1. The van der Waals surface area contributed by atoms with Crippen molar-refractivity contribution in [2.75, 3.05) is 11.5 Å². The summed E-state index contributed by atoms with van der Waals surface area (Å²) in [6.45, 7) is 1.86. The van der Waals surface area contributed by atoms with E-state index in [0.29, 0.717) is 25.7 Å². The van der Waals surface area contributed by atoms with E-state index in [1.54, 1.807) is 0 Å². The van der Waals surface area contributed by atoms with Gasteiger partial charge in [0, 0.05) is 5.75 Å². The molecule has 0 radical (unpaired) electrons. The third kappa shape index (κ3) is 3.16. The van der Waals surface area contributed by atoms with Crippen molar-refractivity contribution in [3.05, 3.63) is 35.4 Å². The van der Waals surface area contributed by atoms with E-state index in [2.05, 4.69) is 6.07 Å². The van der Waals surface area contributed by atoms with Crippen LogP contribution in [0.2, 0.25) is 0 Å². The molecule has 0 saturated carbocycles. The molecular formula is C15H19NO2S. The average Bonchev–Trinajstić information content (AvgIpc) is 2.76. The Labute approximate surface area is 115 Å². The molecule has 0 saturated heterocycles. The molecule has 0 fully saturated rings. The van der Waals surface area contributed by atoms with Gasteiger partial charge in [-0.15, -0.1) is 0 Å². The zero-order valence-electron chi connectivity index (χ0n) is 11.2. The molecule has 0 N–H and O–H groups in total. The molecule has 0 bridgehead atoms. The zero-order valence-corrected chi connectivity index (χ0v) is 12.0. The van der Waals surface area contributed by atoms with E-state index in [1.165, 1.54) is 11.1 Å². The third-order valence-electron chi connectivity index (χ3n) is 3.82. The number of hydrogen-bond acceptors (Lipinski definition) is 3. The smallest absolute Gasteiger partial charge is 0.150 e. The maximum absolute atomic E-state index is 11.8. The van der Waals surface area contributed by atoms with Crippen LogP contribution >= 0.6 is 0 Å². The van der Waals surface area contributed by atoms with Crippen molar-refractivity contribution in [3.63, 3.8) is 0 Å². The van der Waals surface area contributed by atoms with E-state index in [1.807, 2.05) is 31.2 Å². The summed E-state index contributed by atoms with van der Waals surface area (Å²) in [5.74, 6) is 0.351. The van der Waals surface area contributed by atoms with Gasteiger partial charge >= 0.3 is 0 Å². The molecule has 1 aromatic rings. The molecule has 0 unspecified atom stereocenters. The molecule has 3 nitrogen and oxygen atoms in total. The molecule has 1 aromatic carbocycles. The molecule has 0 aromatic heterocycles. The van der Waals surface area contributed by atoms with Crippen LogP contribution in [0.25, 0.3) is 0 Å². The predicted molar refractivity (Wildman–Crippen MR) is 75.5 cm³/mol. The van der Waals surface area contributed by atoms with E-state index in [-0.39, 0.29) is 11.5 Å². The van der Waals surface area contributed by atoms with Gasteiger partial charge in [0.1, 0.15) is 9.84 Å². The van der Waals surface area contributed by atoms with Crippen LogP contribution in [0.4, 0.5) is 0 Å². The van der Waals surface area contributed by atoms with Crippen molar-refractivity contribution in [1.29, 1.82) is 5.26 Å². The maximum atomic E-state index is 11.8. The highest BCUT2D eigenvalue weighted by atomic mass is 32.2. The summed E-state index contributed by atoms with van der Waals surface area (Å²) in [5.41, 5.74) is 1.86. The number of sulfone groups is 1. The highest BCUT2D eigenvalue weighted by Gasteiger charge is 2.38. The second-order valence-corrected chi connectivity index (χ2v) is 7.72. The first-order valence-corrected chi connectivity index (χ1v) is 8.51. The lowest BCUT2D eigenvalue weighted by Crippen LogP contribution is -2.24. The Morgan fingerprint density at radius 1 is 1.21 bits per heavy atom. The summed E-state index contributed by atoms with van der Waals surface area (Å²) in [6, 6.07) is 10.4. The van der Waals surface area contributed by atoms with E-state index in [9.17, 15) is 13.7 Å². The lowest BCUT2D eigenvalue weighted by molar-refractivity contribution is 0.404. The molecule has 1 aliphatic rings. The Kier molecular flexibility index (Phi) is 3.96. The SMILES string of the molecule is CCCS(=O)(=O)CCC1(C#N)Cc2ccccc2C1. The molecule has 1 aliphatic carbocycles. The summed E-state index contributed by atoms with van der Waals surface area (Å²) in [7, 11) is -3.01. The van der Waals surface area contributed by atoms with Gasteiger partial charge in [-0.1, -0.05) is 31.2 Å². The first-order valence-electron chi connectivity index (χ1n) is 6.69. The molecule has 19 heavy (non-hydrogen) atoms. The van der Waals surface area contributed by atoms with Crippen molar-refractivity contribution in [2.24, 2.45) is 5.41 Å². The minimum absolute atomic E-state index is 0.127. The summed E-state index contributed by atoms with van der Waals surface area (Å²) in [6.07, 6.45) is 2.45. The summed E-state index contributed by atoms with van der Waals surface area (Å²) < 4.78 is 23.6. The lowest BCUT2D eigenvalue weighted by atomic mass is 9.84. The average molecular weight is 277 g/mol. The van der Waals surface area contributed by atoms with Crippen LogP contribution in [0.3, 0.4) is 0 Å². The summed E-state index contributed by atoms with van der Waals surface area (Å²) >= 11 is 0. The van der Waals surface area contributed by atoms with Crippen molar-refractivity contribution in [1.82, 2.24) is 0 Å². The normalized spacial score (nSPS) is 16.8. The van der Waals surface area contributed by atoms with Crippen molar-refractivity contribution >= 4 is 9.84 Å². The van der Waals surface area contributed by atoms with Gasteiger partial charge < -0.3 is 0 Å². The quantitative estimate of drug-likeness (QED) is 0.831. The van der Waals surface area contributed by atoms with Crippen LogP contribution in [-0.4, -0.2) is 19.9 Å². The zero-order chi connectivity index (χ0) is 13.9. The standard InChI is InChI=1S/C15H19NO2S/c1-2-8-19(17,18)9-7-15(12-16)10-13-5-3-4-6-14(13)11-15/h3-6H,2,7-11H2,1H3. The fourth-order valence-electron chi connectivity index (χ4n) is 2.77. The molecule has 4 heteroatoms. The fourth-order valence-corrected chi connectivity index (χ4v) is 4.30. The summed E-state index contributed by atoms with van der Waals surface area (Å²) in [4.78, 5) is 0. The topological polar surface area (TPSA) is 57.9 Å². The Morgan fingerprint density at radius 2 is 1.79 bits per heavy atom. The third-order valence-corrected chi connectivity index (χ3v) is 5.68. The number of nitrogens with zero attached hydrogens (tertiary/aromatic N) is 1. The van der Waals surface area contributed by atoms with Gasteiger partial charge in [0.2, 0.25) is 0 Å². The summed E-state index contributed by atoms with van der Waals surface area (Å²) in [5, 5.41) is 9.47. The largest absolute Gasteiger partial charge is 0.229 e. The van der Waals surface area contributed by atoms with Crippen LogP contribution in [0.1, 0.15) is 30.9 Å². The maximum Gasteiger partial charge on any atom is 0.150 e. The van der Waals surface area contributed by atoms with Crippen LogP contribution in [-0.2, 0) is 22.7 Å². The molecule has 0 amide bonds. The molecular weight excluding hydrogens is 258 g/mol. The molecule has 2 rings (SSSR count). The van der Waals surface area contributed by atoms with Crippen molar-refractivity contribution < 1.29 is 8.42 Å². The molecule has 102 valence electrons. The number of nitriles is 1. The number of hydrogen-bond donors (Lipinski definition) is 0. The van der Waals surface area contributed by atoms with E-state index in [4.69, 9.17) is 0 Å². The van der Waals surface area contributed by atoms with Gasteiger partial charge in [-0.25, -0.2) is 8.42 Å². The van der Waals surface area contributed by atoms with Crippen molar-refractivity contribution in [2.45, 2.75) is 32.6 Å². The first kappa shape index (κ1) is 14.1. The van der Waals surface area contributed by atoms with E-state index >= 15 is 0 Å². The second kappa shape index (κ2) is 5.34. The minimum atomic E-state index is -3.01. The van der Waals surface area contributed by atoms with E-state index in [0.717, 1.165) is 0 Å². The Balaban J connectivity index is 2.10.